The molecule has 0 radical (unpaired) electrons. The molecule has 1 aliphatic heterocycles. The van der Waals surface area contributed by atoms with Gasteiger partial charge in [0, 0.05) is 17.6 Å². The van der Waals surface area contributed by atoms with E-state index in [-0.39, 0.29) is 18.2 Å². The summed E-state index contributed by atoms with van der Waals surface area (Å²) >= 11 is 0. The molecule has 0 atom stereocenters. The largest absolute Gasteiger partial charge is 0.326 e. The maximum absolute atomic E-state index is 12.6. The first kappa shape index (κ1) is 19.0. The molecular formula is C24H21N5O2. The lowest BCUT2D eigenvalue weighted by molar-refractivity contribution is -0.119. The average molecular weight is 411 g/mol. The summed E-state index contributed by atoms with van der Waals surface area (Å²) in [4.78, 5) is 28.9. The van der Waals surface area contributed by atoms with E-state index >= 15 is 0 Å². The molecule has 154 valence electrons. The summed E-state index contributed by atoms with van der Waals surface area (Å²) in [5.74, 6) is -0.137. The fourth-order valence-corrected chi connectivity index (χ4v) is 3.85. The number of hydrogen-bond acceptors (Lipinski definition) is 4. The summed E-state index contributed by atoms with van der Waals surface area (Å²) in [5, 5.41) is 9.92. The Morgan fingerprint density at radius 2 is 1.87 bits per heavy atom. The number of pyridine rings is 1. The van der Waals surface area contributed by atoms with Crippen molar-refractivity contribution in [3.05, 3.63) is 78.2 Å². The predicted molar refractivity (Wildman–Crippen MR) is 119 cm³/mol. The van der Waals surface area contributed by atoms with Crippen molar-refractivity contribution in [2.24, 2.45) is 0 Å². The minimum atomic E-state index is -0.610. The monoisotopic (exact) mass is 411 g/mol. The van der Waals surface area contributed by atoms with E-state index in [1.165, 1.54) is 6.33 Å². The Balaban J connectivity index is 1.28. The molecule has 0 fully saturated rings. The van der Waals surface area contributed by atoms with Crippen molar-refractivity contribution < 1.29 is 9.59 Å². The molecule has 0 spiro atoms. The summed E-state index contributed by atoms with van der Waals surface area (Å²) in [6.07, 6.45) is 3.67. The van der Waals surface area contributed by atoms with Crippen LogP contribution >= 0.6 is 0 Å². The van der Waals surface area contributed by atoms with Gasteiger partial charge >= 0.3 is 0 Å². The van der Waals surface area contributed by atoms with E-state index < -0.39 is 5.41 Å². The SMILES string of the molecule is CC1(C)C(=O)Nc2ccc(NC(=O)Cc3ccc(-c4ccn5ncnc5c4)cc3)cc21. The Kier molecular flexibility index (Phi) is 4.32. The first-order valence-electron chi connectivity index (χ1n) is 10.0. The number of rotatable bonds is 4. The van der Waals surface area contributed by atoms with Crippen molar-refractivity contribution in [3.63, 3.8) is 0 Å². The maximum Gasteiger partial charge on any atom is 0.234 e. The standard InChI is InChI=1S/C24H21N5O2/c1-24(2)19-13-18(7-8-20(19)28-23(24)31)27-22(30)11-15-3-5-16(6-4-15)17-9-10-29-21(12-17)25-14-26-29/h3-10,12-14H,11H2,1-2H3,(H,27,30)(H,28,31). The van der Waals surface area contributed by atoms with E-state index in [1.807, 2.05) is 74.6 Å². The Labute approximate surface area is 179 Å². The highest BCUT2D eigenvalue weighted by Crippen LogP contribution is 2.38. The third-order valence-electron chi connectivity index (χ3n) is 5.73. The van der Waals surface area contributed by atoms with Crippen LogP contribution in [0.15, 0.2) is 67.1 Å². The molecule has 7 heteroatoms. The van der Waals surface area contributed by atoms with Crippen molar-refractivity contribution in [2.75, 3.05) is 10.6 Å². The number of benzene rings is 2. The van der Waals surface area contributed by atoms with E-state index in [2.05, 4.69) is 20.7 Å². The zero-order valence-electron chi connectivity index (χ0n) is 17.2. The molecule has 0 bridgehead atoms. The third kappa shape index (κ3) is 3.44. The number of nitrogens with zero attached hydrogens (tertiary/aromatic N) is 3. The van der Waals surface area contributed by atoms with Crippen LogP contribution in [0.1, 0.15) is 25.0 Å². The fraction of sp³-hybridized carbons (Fsp3) is 0.167. The first-order chi connectivity index (χ1) is 14.9. The Hall–Kier alpha value is -4.00. The predicted octanol–water partition coefficient (Wildman–Crippen LogP) is 3.81. The number of nitrogens with one attached hydrogen (secondary N) is 2. The highest BCUT2D eigenvalue weighted by Gasteiger charge is 2.38. The van der Waals surface area contributed by atoms with Crippen LogP contribution in [0.5, 0.6) is 0 Å². The summed E-state index contributed by atoms with van der Waals surface area (Å²) in [6.45, 7) is 3.75. The highest BCUT2D eigenvalue weighted by atomic mass is 16.2. The minimum absolute atomic E-state index is 0.0331. The van der Waals surface area contributed by atoms with Gasteiger partial charge in [-0.2, -0.15) is 5.10 Å². The first-order valence-corrected chi connectivity index (χ1v) is 10.0. The molecule has 1 aliphatic rings. The van der Waals surface area contributed by atoms with Gasteiger partial charge in [0.15, 0.2) is 5.65 Å². The van der Waals surface area contributed by atoms with Crippen molar-refractivity contribution in [1.82, 2.24) is 14.6 Å². The highest BCUT2D eigenvalue weighted by molar-refractivity contribution is 6.06. The van der Waals surface area contributed by atoms with Crippen LogP contribution in [0, 0.1) is 0 Å². The molecule has 2 N–H and O–H groups in total. The van der Waals surface area contributed by atoms with Gasteiger partial charge in [0.1, 0.15) is 6.33 Å². The lowest BCUT2D eigenvalue weighted by Crippen LogP contribution is -2.27. The number of aromatic nitrogens is 3. The molecule has 3 heterocycles. The van der Waals surface area contributed by atoms with E-state index in [9.17, 15) is 9.59 Å². The van der Waals surface area contributed by atoms with Gasteiger partial charge in [0.05, 0.1) is 11.8 Å². The Morgan fingerprint density at radius 1 is 1.06 bits per heavy atom. The molecule has 5 rings (SSSR count). The second-order valence-electron chi connectivity index (χ2n) is 8.24. The number of hydrogen-bond donors (Lipinski definition) is 2. The smallest absolute Gasteiger partial charge is 0.234 e. The Bertz CT molecular complexity index is 1320. The van der Waals surface area contributed by atoms with Crippen molar-refractivity contribution >= 4 is 28.8 Å². The number of carbonyl (C=O) groups is 2. The molecule has 0 saturated carbocycles. The van der Waals surface area contributed by atoms with Crippen LogP contribution < -0.4 is 10.6 Å². The van der Waals surface area contributed by atoms with Gasteiger partial charge in [-0.05, 0) is 66.4 Å². The minimum Gasteiger partial charge on any atom is -0.326 e. The van der Waals surface area contributed by atoms with E-state index in [0.29, 0.717) is 5.69 Å². The summed E-state index contributed by atoms with van der Waals surface area (Å²) in [5.41, 5.74) is 5.57. The summed E-state index contributed by atoms with van der Waals surface area (Å²) in [6, 6.07) is 17.4. The second kappa shape index (κ2) is 7.05. The van der Waals surface area contributed by atoms with Crippen LogP contribution in [0.3, 0.4) is 0 Å². The van der Waals surface area contributed by atoms with E-state index in [4.69, 9.17) is 0 Å². The molecule has 0 saturated heterocycles. The summed E-state index contributed by atoms with van der Waals surface area (Å²) in [7, 11) is 0. The van der Waals surface area contributed by atoms with Crippen molar-refractivity contribution in [1.29, 1.82) is 0 Å². The van der Waals surface area contributed by atoms with E-state index in [1.54, 1.807) is 4.52 Å². The van der Waals surface area contributed by atoms with E-state index in [0.717, 1.165) is 33.6 Å². The molecule has 2 aromatic heterocycles. The average Bonchev–Trinajstić information content (AvgIpc) is 3.31. The summed E-state index contributed by atoms with van der Waals surface area (Å²) < 4.78 is 1.72. The molecule has 0 unspecified atom stereocenters. The van der Waals surface area contributed by atoms with Crippen LogP contribution in [-0.4, -0.2) is 26.4 Å². The maximum atomic E-state index is 12.6. The molecule has 0 aliphatic carbocycles. The lowest BCUT2D eigenvalue weighted by atomic mass is 9.86. The van der Waals surface area contributed by atoms with Gasteiger partial charge in [0.25, 0.3) is 0 Å². The van der Waals surface area contributed by atoms with Crippen LogP contribution in [0.25, 0.3) is 16.8 Å². The Morgan fingerprint density at radius 3 is 2.68 bits per heavy atom. The van der Waals surface area contributed by atoms with Gasteiger partial charge in [0.2, 0.25) is 11.8 Å². The molecular weight excluding hydrogens is 390 g/mol. The van der Waals surface area contributed by atoms with Gasteiger partial charge in [-0.3, -0.25) is 9.59 Å². The number of amides is 2. The lowest BCUT2D eigenvalue weighted by Gasteiger charge is -2.16. The molecule has 2 amide bonds. The quantitative estimate of drug-likeness (QED) is 0.535. The molecule has 2 aromatic carbocycles. The number of carbonyl (C=O) groups excluding carboxylic acids is 2. The van der Waals surface area contributed by atoms with Gasteiger partial charge in [-0.1, -0.05) is 24.3 Å². The van der Waals surface area contributed by atoms with Crippen LogP contribution in [0.4, 0.5) is 11.4 Å². The van der Waals surface area contributed by atoms with Crippen LogP contribution in [-0.2, 0) is 21.4 Å². The topological polar surface area (TPSA) is 88.4 Å². The normalized spacial score (nSPS) is 14.3. The number of fused-ring (bicyclic) bond motifs is 2. The van der Waals surface area contributed by atoms with Crippen molar-refractivity contribution in [2.45, 2.75) is 25.7 Å². The third-order valence-corrected chi connectivity index (χ3v) is 5.73. The van der Waals surface area contributed by atoms with Gasteiger partial charge < -0.3 is 10.6 Å². The van der Waals surface area contributed by atoms with Crippen molar-refractivity contribution in [3.8, 4) is 11.1 Å². The number of anilines is 2. The fourth-order valence-electron chi connectivity index (χ4n) is 3.85. The molecule has 31 heavy (non-hydrogen) atoms. The second-order valence-corrected chi connectivity index (χ2v) is 8.24. The molecule has 7 nitrogen and oxygen atoms in total. The van der Waals surface area contributed by atoms with Gasteiger partial charge in [-0.25, -0.2) is 9.50 Å². The van der Waals surface area contributed by atoms with Crippen LogP contribution in [0.2, 0.25) is 0 Å². The zero-order chi connectivity index (χ0) is 21.6. The molecule has 4 aromatic rings. The van der Waals surface area contributed by atoms with Gasteiger partial charge in [-0.15, -0.1) is 0 Å². The zero-order valence-corrected chi connectivity index (χ0v) is 17.2.